The van der Waals surface area contributed by atoms with Crippen molar-refractivity contribution < 1.29 is 38.2 Å². The number of methoxy groups -OCH3 is 2. The molecule has 12 nitrogen and oxygen atoms in total. The Morgan fingerprint density at radius 3 is 1.45 bits per heavy atom. The van der Waals surface area contributed by atoms with Crippen molar-refractivity contribution >= 4 is 104 Å². The number of ether oxygens (including phenoxy) is 2. The third-order valence-corrected chi connectivity index (χ3v) is 11.1. The van der Waals surface area contributed by atoms with Gasteiger partial charge in [0.1, 0.15) is 8.64 Å². The van der Waals surface area contributed by atoms with E-state index in [1.807, 2.05) is 0 Å². The SMILES string of the molecule is COC(=O)c1ccc(/C=C2\SC(=S)N(CCCC(=O)N3CCN(C(=O)CCN4C(=O)/C(=C\c5ccc(C(=O)OC)cc5)SC4=S)CC3)C2=O)cc1. The Labute approximate surface area is 314 Å². The number of carbonyl (C=O) groups is 6. The molecule has 51 heavy (non-hydrogen) atoms. The zero-order valence-corrected chi connectivity index (χ0v) is 31.1. The largest absolute Gasteiger partial charge is 0.465 e. The average molecular weight is 767 g/mol. The topological polar surface area (TPSA) is 134 Å². The second-order valence-corrected chi connectivity index (χ2v) is 14.9. The summed E-state index contributed by atoms with van der Waals surface area (Å²) in [5, 5.41) is 0. The molecule has 16 heteroatoms. The quantitative estimate of drug-likeness (QED) is 0.184. The lowest BCUT2D eigenvalue weighted by atomic mass is 10.1. The fourth-order valence-corrected chi connectivity index (χ4v) is 8.09. The monoisotopic (exact) mass is 766 g/mol. The zero-order valence-electron chi connectivity index (χ0n) is 27.8. The Morgan fingerprint density at radius 2 is 1.04 bits per heavy atom. The molecule has 0 N–H and O–H groups in total. The van der Waals surface area contributed by atoms with Crippen molar-refractivity contribution in [2.45, 2.75) is 19.3 Å². The van der Waals surface area contributed by atoms with Gasteiger partial charge in [0.15, 0.2) is 0 Å². The van der Waals surface area contributed by atoms with Crippen molar-refractivity contribution in [2.24, 2.45) is 0 Å². The molecule has 0 unspecified atom stereocenters. The van der Waals surface area contributed by atoms with E-state index in [0.717, 1.165) is 22.9 Å². The third-order valence-electron chi connectivity index (χ3n) is 8.31. The maximum Gasteiger partial charge on any atom is 0.337 e. The minimum absolute atomic E-state index is 0.0573. The summed E-state index contributed by atoms with van der Waals surface area (Å²) >= 11 is 13.2. The molecule has 0 aliphatic carbocycles. The molecule has 0 radical (unpaired) electrons. The van der Waals surface area contributed by atoms with Gasteiger partial charge in [-0.3, -0.25) is 29.0 Å². The highest BCUT2D eigenvalue weighted by atomic mass is 32.2. The predicted octanol–water partition coefficient (Wildman–Crippen LogP) is 4.20. The first kappa shape index (κ1) is 37.9. The van der Waals surface area contributed by atoms with E-state index >= 15 is 0 Å². The molecular weight excluding hydrogens is 733 g/mol. The Balaban J connectivity index is 1.03. The van der Waals surface area contributed by atoms with Crippen molar-refractivity contribution in [1.29, 1.82) is 0 Å². The van der Waals surface area contributed by atoms with E-state index in [1.165, 1.54) is 35.8 Å². The average Bonchev–Trinajstić information content (AvgIpc) is 3.57. The summed E-state index contributed by atoms with van der Waals surface area (Å²) in [6, 6.07) is 13.3. The smallest absolute Gasteiger partial charge is 0.337 e. The third kappa shape index (κ3) is 9.30. The van der Waals surface area contributed by atoms with Crippen LogP contribution in [0.4, 0.5) is 0 Å². The van der Waals surface area contributed by atoms with Gasteiger partial charge in [-0.05, 0) is 54.0 Å². The van der Waals surface area contributed by atoms with Crippen LogP contribution in [0.1, 0.15) is 51.1 Å². The van der Waals surface area contributed by atoms with E-state index in [1.54, 1.807) is 70.5 Å². The first-order valence-corrected chi connectivity index (χ1v) is 18.4. The van der Waals surface area contributed by atoms with Gasteiger partial charge in [-0.15, -0.1) is 0 Å². The summed E-state index contributed by atoms with van der Waals surface area (Å²) in [7, 11) is 2.62. The minimum atomic E-state index is -0.449. The molecule has 3 heterocycles. The maximum absolute atomic E-state index is 13.0. The van der Waals surface area contributed by atoms with Crippen molar-refractivity contribution in [3.8, 4) is 0 Å². The Morgan fingerprint density at radius 1 is 0.647 bits per heavy atom. The van der Waals surface area contributed by atoms with Crippen LogP contribution >= 0.6 is 48.0 Å². The number of hydrogen-bond acceptors (Lipinski definition) is 12. The van der Waals surface area contributed by atoms with E-state index in [9.17, 15) is 28.8 Å². The van der Waals surface area contributed by atoms with E-state index in [4.69, 9.17) is 33.9 Å². The van der Waals surface area contributed by atoms with Gasteiger partial charge in [0, 0.05) is 52.1 Å². The van der Waals surface area contributed by atoms with Gasteiger partial charge < -0.3 is 19.3 Å². The van der Waals surface area contributed by atoms with Crippen LogP contribution in [-0.2, 0) is 28.7 Å². The van der Waals surface area contributed by atoms with Crippen molar-refractivity contribution in [1.82, 2.24) is 19.6 Å². The van der Waals surface area contributed by atoms with Crippen molar-refractivity contribution in [3.05, 3.63) is 80.6 Å². The highest BCUT2D eigenvalue weighted by Crippen LogP contribution is 2.34. The molecule has 4 amide bonds. The summed E-state index contributed by atoms with van der Waals surface area (Å²) in [6.45, 7) is 2.00. The second kappa shape index (κ2) is 17.2. The number of hydrogen-bond donors (Lipinski definition) is 0. The van der Waals surface area contributed by atoms with E-state index in [2.05, 4.69) is 0 Å². The van der Waals surface area contributed by atoms with E-state index in [-0.39, 0.29) is 43.0 Å². The number of nitrogens with zero attached hydrogens (tertiary/aromatic N) is 4. The number of thiocarbonyl (C=S) groups is 2. The number of piperazine rings is 1. The Kier molecular flexibility index (Phi) is 12.8. The van der Waals surface area contributed by atoms with Crippen LogP contribution in [-0.4, -0.2) is 117 Å². The molecule has 0 bridgehead atoms. The van der Waals surface area contributed by atoms with E-state index in [0.29, 0.717) is 68.7 Å². The zero-order chi connectivity index (χ0) is 36.7. The van der Waals surface area contributed by atoms with Gasteiger partial charge in [-0.1, -0.05) is 72.2 Å². The number of amides is 4. The number of esters is 2. The van der Waals surface area contributed by atoms with E-state index < -0.39 is 11.9 Å². The molecular formula is C35H34N4O8S4. The fraction of sp³-hybridized carbons (Fsp3) is 0.314. The first-order chi connectivity index (χ1) is 24.5. The van der Waals surface area contributed by atoms with Gasteiger partial charge in [0.2, 0.25) is 11.8 Å². The molecule has 0 saturated carbocycles. The molecule has 3 aliphatic rings. The molecule has 3 fully saturated rings. The van der Waals surface area contributed by atoms with Crippen LogP contribution in [0.15, 0.2) is 58.3 Å². The molecule has 2 aromatic carbocycles. The summed E-state index contributed by atoms with van der Waals surface area (Å²) < 4.78 is 10.2. The molecule has 3 saturated heterocycles. The Bertz CT molecular complexity index is 1820. The number of thioether (sulfide) groups is 2. The normalized spacial score (nSPS) is 17.9. The van der Waals surface area contributed by atoms with Crippen molar-refractivity contribution in [2.75, 3.05) is 53.5 Å². The lowest BCUT2D eigenvalue weighted by Gasteiger charge is -2.35. The summed E-state index contributed by atoms with van der Waals surface area (Å²) in [4.78, 5) is 82.6. The summed E-state index contributed by atoms with van der Waals surface area (Å²) in [5.41, 5.74) is 2.28. The van der Waals surface area contributed by atoms with Crippen LogP contribution in [0, 0.1) is 0 Å². The molecule has 266 valence electrons. The predicted molar refractivity (Wildman–Crippen MR) is 202 cm³/mol. The highest BCUT2D eigenvalue weighted by Gasteiger charge is 2.34. The number of rotatable bonds is 11. The number of benzene rings is 2. The molecule has 0 atom stereocenters. The van der Waals surface area contributed by atoms with Crippen LogP contribution in [0.2, 0.25) is 0 Å². The molecule has 5 rings (SSSR count). The fourth-order valence-electron chi connectivity index (χ4n) is 5.47. The number of carbonyl (C=O) groups excluding carboxylic acids is 6. The molecule has 3 aliphatic heterocycles. The second-order valence-electron chi connectivity index (χ2n) is 11.5. The van der Waals surface area contributed by atoms with Crippen molar-refractivity contribution in [3.63, 3.8) is 0 Å². The van der Waals surface area contributed by atoms with Crippen LogP contribution in [0.5, 0.6) is 0 Å². The van der Waals surface area contributed by atoms with Gasteiger partial charge in [-0.2, -0.15) is 0 Å². The standard InChI is InChI=1S/C35H34N4O8S4/c1-46-32(44)24-9-5-22(6-10-24)20-26-30(42)38(34(48)50-26)14-3-4-28(40)36-16-18-37(19-17-36)29(41)13-15-39-31(43)27(51-35(39)49)21-23-7-11-25(12-8-23)33(45)47-2/h5-12,20-21H,3-4,13-19H2,1-2H3/b26-20-,27-21+. The molecule has 0 spiro atoms. The molecule has 0 aromatic heterocycles. The van der Waals surface area contributed by atoms with Gasteiger partial charge in [0.25, 0.3) is 11.8 Å². The maximum atomic E-state index is 13.0. The lowest BCUT2D eigenvalue weighted by molar-refractivity contribution is -0.140. The lowest BCUT2D eigenvalue weighted by Crippen LogP contribution is -2.51. The first-order valence-electron chi connectivity index (χ1n) is 15.9. The summed E-state index contributed by atoms with van der Waals surface area (Å²) in [5.74, 6) is -1.58. The summed E-state index contributed by atoms with van der Waals surface area (Å²) in [6.07, 6.45) is 4.17. The van der Waals surface area contributed by atoms with Crippen LogP contribution in [0.3, 0.4) is 0 Å². The van der Waals surface area contributed by atoms with Gasteiger partial charge in [0.05, 0.1) is 35.2 Å². The van der Waals surface area contributed by atoms with Crippen LogP contribution in [0.25, 0.3) is 12.2 Å². The Hall–Kier alpha value is -4.38. The highest BCUT2D eigenvalue weighted by molar-refractivity contribution is 8.27. The van der Waals surface area contributed by atoms with Gasteiger partial charge in [-0.25, -0.2) is 9.59 Å². The minimum Gasteiger partial charge on any atom is -0.465 e. The molecule has 2 aromatic rings. The van der Waals surface area contributed by atoms with Gasteiger partial charge >= 0.3 is 11.9 Å². The van der Waals surface area contributed by atoms with Crippen LogP contribution < -0.4 is 0 Å².